The Morgan fingerprint density at radius 2 is 2.09 bits per heavy atom. The molecule has 0 fully saturated rings. The molecule has 0 bridgehead atoms. The number of carbonyl (C=O) groups is 2. The van der Waals surface area contributed by atoms with Crippen molar-refractivity contribution in [2.45, 2.75) is 0 Å². The van der Waals surface area contributed by atoms with Gasteiger partial charge in [0.2, 0.25) is 0 Å². The number of nitrogens with one attached hydrogen (secondary N) is 1. The molecular weight excluding hydrogens is 286 g/mol. The largest absolute Gasteiger partial charge is 0.465 e. The van der Waals surface area contributed by atoms with Crippen LogP contribution in [-0.4, -0.2) is 29.0 Å². The van der Waals surface area contributed by atoms with Gasteiger partial charge in [-0.2, -0.15) is 0 Å². The Morgan fingerprint density at radius 3 is 2.82 bits per heavy atom. The summed E-state index contributed by atoms with van der Waals surface area (Å²) in [6, 6.07) is 6.68. The molecule has 0 radical (unpaired) electrons. The Balaban J connectivity index is 2.06. The van der Waals surface area contributed by atoms with Crippen LogP contribution in [0.25, 0.3) is 10.9 Å². The lowest BCUT2D eigenvalue weighted by molar-refractivity contribution is 0.0600. The molecule has 2 heterocycles. The maximum absolute atomic E-state index is 12.1. The second-order valence-electron chi connectivity index (χ2n) is 4.38. The van der Waals surface area contributed by atoms with Crippen molar-refractivity contribution in [1.29, 1.82) is 0 Å². The summed E-state index contributed by atoms with van der Waals surface area (Å²) in [5.41, 5.74) is 1.24. The van der Waals surface area contributed by atoms with Crippen LogP contribution in [0.2, 0.25) is 0 Å². The molecule has 0 spiro atoms. The van der Waals surface area contributed by atoms with Crippen molar-refractivity contribution in [3.05, 3.63) is 54.4 Å². The van der Waals surface area contributed by atoms with Crippen molar-refractivity contribution < 1.29 is 18.7 Å². The average Bonchev–Trinajstić information content (AvgIpc) is 3.08. The van der Waals surface area contributed by atoms with Gasteiger partial charge in [0.1, 0.15) is 6.26 Å². The summed E-state index contributed by atoms with van der Waals surface area (Å²) < 4.78 is 9.66. The molecule has 0 saturated carbocycles. The van der Waals surface area contributed by atoms with E-state index in [0.29, 0.717) is 22.2 Å². The lowest BCUT2D eigenvalue weighted by atomic mass is 10.1. The molecule has 1 aromatic carbocycles. The van der Waals surface area contributed by atoms with Gasteiger partial charge < -0.3 is 14.5 Å². The lowest BCUT2D eigenvalue weighted by Gasteiger charge is -2.09. The van der Waals surface area contributed by atoms with E-state index in [0.717, 1.165) is 0 Å². The SMILES string of the molecule is COC(=O)c1cc(NC(=O)c2ncco2)c2ncccc2c1. The number of nitrogens with zero attached hydrogens (tertiary/aromatic N) is 2. The smallest absolute Gasteiger partial charge is 0.337 e. The Morgan fingerprint density at radius 1 is 1.23 bits per heavy atom. The lowest BCUT2D eigenvalue weighted by Crippen LogP contribution is -2.13. The van der Waals surface area contributed by atoms with Crippen LogP contribution >= 0.6 is 0 Å². The van der Waals surface area contributed by atoms with E-state index in [1.165, 1.54) is 25.6 Å². The Kier molecular flexibility index (Phi) is 3.53. The van der Waals surface area contributed by atoms with Gasteiger partial charge in [0, 0.05) is 11.6 Å². The van der Waals surface area contributed by atoms with Crippen molar-refractivity contribution in [1.82, 2.24) is 9.97 Å². The molecule has 2 aromatic heterocycles. The second kappa shape index (κ2) is 5.65. The number of pyridine rings is 1. The van der Waals surface area contributed by atoms with Crippen LogP contribution in [0, 0.1) is 0 Å². The third-order valence-electron chi connectivity index (χ3n) is 3.00. The van der Waals surface area contributed by atoms with Crippen LogP contribution in [-0.2, 0) is 4.74 Å². The van der Waals surface area contributed by atoms with E-state index in [-0.39, 0.29) is 5.89 Å². The summed E-state index contributed by atoms with van der Waals surface area (Å²) >= 11 is 0. The topological polar surface area (TPSA) is 94.3 Å². The maximum Gasteiger partial charge on any atom is 0.337 e. The molecule has 22 heavy (non-hydrogen) atoms. The number of fused-ring (bicyclic) bond motifs is 1. The molecule has 1 N–H and O–H groups in total. The van der Waals surface area contributed by atoms with Gasteiger partial charge in [0.15, 0.2) is 0 Å². The van der Waals surface area contributed by atoms with Crippen LogP contribution in [0.5, 0.6) is 0 Å². The number of methoxy groups -OCH3 is 1. The van der Waals surface area contributed by atoms with Crippen molar-refractivity contribution in [3.63, 3.8) is 0 Å². The standard InChI is InChI=1S/C15H11N3O4/c1-21-15(20)10-7-9-3-2-4-16-12(9)11(8-10)18-13(19)14-17-5-6-22-14/h2-8H,1H3,(H,18,19). The highest BCUT2D eigenvalue weighted by atomic mass is 16.5. The molecule has 0 saturated heterocycles. The predicted molar refractivity (Wildman–Crippen MR) is 77.5 cm³/mol. The first-order chi connectivity index (χ1) is 10.7. The molecule has 0 atom stereocenters. The maximum atomic E-state index is 12.1. The molecule has 110 valence electrons. The van der Waals surface area contributed by atoms with E-state index in [9.17, 15) is 9.59 Å². The summed E-state index contributed by atoms with van der Waals surface area (Å²) in [7, 11) is 1.29. The van der Waals surface area contributed by atoms with Gasteiger partial charge >= 0.3 is 11.9 Å². The third-order valence-corrected chi connectivity index (χ3v) is 3.00. The Hall–Kier alpha value is -3.22. The number of rotatable bonds is 3. The summed E-state index contributed by atoms with van der Waals surface area (Å²) in [6.45, 7) is 0. The van der Waals surface area contributed by atoms with Crippen LogP contribution in [0.4, 0.5) is 5.69 Å². The second-order valence-corrected chi connectivity index (χ2v) is 4.38. The van der Waals surface area contributed by atoms with Crippen LogP contribution in [0.1, 0.15) is 21.0 Å². The van der Waals surface area contributed by atoms with E-state index >= 15 is 0 Å². The number of carbonyl (C=O) groups excluding carboxylic acids is 2. The quantitative estimate of drug-likeness (QED) is 0.745. The highest BCUT2D eigenvalue weighted by Gasteiger charge is 2.16. The zero-order valence-electron chi connectivity index (χ0n) is 11.6. The molecular formula is C15H11N3O4. The average molecular weight is 297 g/mol. The fourth-order valence-corrected chi connectivity index (χ4v) is 2.03. The zero-order chi connectivity index (χ0) is 15.5. The predicted octanol–water partition coefficient (Wildman–Crippen LogP) is 2.26. The van der Waals surface area contributed by atoms with Crippen molar-refractivity contribution in [3.8, 4) is 0 Å². The monoisotopic (exact) mass is 297 g/mol. The molecule has 0 aliphatic carbocycles. The molecule has 3 aromatic rings. The Labute approximate surface area is 124 Å². The molecule has 0 aliphatic rings. The highest BCUT2D eigenvalue weighted by Crippen LogP contribution is 2.24. The molecule has 0 aliphatic heterocycles. The third kappa shape index (κ3) is 2.51. The molecule has 3 rings (SSSR count). The number of ether oxygens (including phenoxy) is 1. The molecule has 0 unspecified atom stereocenters. The van der Waals surface area contributed by atoms with Gasteiger partial charge in [-0.05, 0) is 18.2 Å². The first-order valence-corrected chi connectivity index (χ1v) is 6.37. The van der Waals surface area contributed by atoms with E-state index in [2.05, 4.69) is 15.3 Å². The molecule has 7 heteroatoms. The number of esters is 1. The Bertz CT molecular complexity index is 843. The van der Waals surface area contributed by atoms with E-state index in [1.807, 2.05) is 0 Å². The molecule has 1 amide bonds. The van der Waals surface area contributed by atoms with Gasteiger partial charge in [-0.3, -0.25) is 9.78 Å². The van der Waals surface area contributed by atoms with Gasteiger partial charge in [0.05, 0.1) is 30.1 Å². The fraction of sp³-hybridized carbons (Fsp3) is 0.0667. The highest BCUT2D eigenvalue weighted by molar-refractivity contribution is 6.08. The summed E-state index contributed by atoms with van der Waals surface area (Å²) in [6.07, 6.45) is 4.27. The zero-order valence-corrected chi connectivity index (χ0v) is 11.6. The van der Waals surface area contributed by atoms with Gasteiger partial charge in [-0.15, -0.1) is 0 Å². The van der Waals surface area contributed by atoms with Gasteiger partial charge in [-0.1, -0.05) is 6.07 Å². The minimum atomic E-state index is -0.529. The van der Waals surface area contributed by atoms with E-state index < -0.39 is 11.9 Å². The fourth-order valence-electron chi connectivity index (χ4n) is 2.03. The van der Waals surface area contributed by atoms with Crippen LogP contribution in [0.3, 0.4) is 0 Å². The number of amides is 1. The number of hydrogen-bond acceptors (Lipinski definition) is 6. The van der Waals surface area contributed by atoms with Crippen molar-refractivity contribution in [2.24, 2.45) is 0 Å². The first kappa shape index (κ1) is 13.7. The molecule has 7 nitrogen and oxygen atoms in total. The van der Waals surface area contributed by atoms with E-state index in [1.54, 1.807) is 24.4 Å². The summed E-state index contributed by atoms with van der Waals surface area (Å²) in [5, 5.41) is 3.34. The number of oxazole rings is 1. The number of anilines is 1. The van der Waals surface area contributed by atoms with Gasteiger partial charge in [0.25, 0.3) is 5.89 Å². The normalized spacial score (nSPS) is 10.4. The first-order valence-electron chi connectivity index (χ1n) is 6.37. The summed E-state index contributed by atoms with van der Waals surface area (Å²) in [5.74, 6) is -1.11. The van der Waals surface area contributed by atoms with Crippen molar-refractivity contribution in [2.75, 3.05) is 12.4 Å². The minimum absolute atomic E-state index is 0.0763. The van der Waals surface area contributed by atoms with Gasteiger partial charge in [-0.25, -0.2) is 9.78 Å². The van der Waals surface area contributed by atoms with E-state index in [4.69, 9.17) is 9.15 Å². The number of aromatic nitrogens is 2. The van der Waals surface area contributed by atoms with Crippen LogP contribution in [0.15, 0.2) is 47.3 Å². The number of benzene rings is 1. The van der Waals surface area contributed by atoms with Crippen LogP contribution < -0.4 is 5.32 Å². The number of hydrogen-bond donors (Lipinski definition) is 1. The summed E-state index contributed by atoms with van der Waals surface area (Å²) in [4.78, 5) is 31.8. The minimum Gasteiger partial charge on any atom is -0.465 e. The van der Waals surface area contributed by atoms with Crippen molar-refractivity contribution >= 4 is 28.5 Å².